The Morgan fingerprint density at radius 2 is 1.79 bits per heavy atom. The molecule has 6 nitrogen and oxygen atoms in total. The third kappa shape index (κ3) is 3.98. The van der Waals surface area contributed by atoms with Crippen molar-refractivity contribution in [3.63, 3.8) is 0 Å². The van der Waals surface area contributed by atoms with Gasteiger partial charge >= 0.3 is 6.09 Å². The molecule has 0 aromatic carbocycles. The summed E-state index contributed by atoms with van der Waals surface area (Å²) in [5.41, 5.74) is 1.52. The Labute approximate surface area is 253 Å². The summed E-state index contributed by atoms with van der Waals surface area (Å²) in [7, 11) is 0. The molecule has 9 atom stereocenters. The van der Waals surface area contributed by atoms with Crippen molar-refractivity contribution >= 4 is 11.9 Å². The van der Waals surface area contributed by atoms with Gasteiger partial charge in [0.25, 0.3) is 0 Å². The fourth-order valence-corrected chi connectivity index (χ4v) is 11.5. The SMILES string of the molecule is C[C@@H]1[C@H]2[C@H]3C(=O)C=C4[C@@]5(C)Cc6cnoc6C(C)(C)[C@@H]5CC[C@@]4(C)[C@]3(C)CC[C@@]2(CNC(=O)OC(C)(C)C)CC[C@H]1C. The highest BCUT2D eigenvalue weighted by molar-refractivity contribution is 5.95. The summed E-state index contributed by atoms with van der Waals surface area (Å²) in [5, 5.41) is 7.40. The molecule has 42 heavy (non-hydrogen) atoms. The van der Waals surface area contributed by atoms with E-state index in [0.717, 1.165) is 50.7 Å². The highest BCUT2D eigenvalue weighted by Gasteiger charge is 2.70. The number of amides is 1. The van der Waals surface area contributed by atoms with E-state index < -0.39 is 5.60 Å². The van der Waals surface area contributed by atoms with Crippen LogP contribution in [-0.4, -0.2) is 29.2 Å². The molecular weight excluding hydrogens is 524 g/mol. The molecule has 5 aliphatic rings. The predicted molar refractivity (Wildman–Crippen MR) is 164 cm³/mol. The number of ketones is 1. The summed E-state index contributed by atoms with van der Waals surface area (Å²) in [4.78, 5) is 27.6. The summed E-state index contributed by atoms with van der Waals surface area (Å²) < 4.78 is 11.5. The molecule has 1 aromatic heterocycles. The van der Waals surface area contributed by atoms with E-state index in [9.17, 15) is 9.59 Å². The van der Waals surface area contributed by atoms with E-state index >= 15 is 0 Å². The molecule has 6 rings (SSSR count). The molecule has 1 aromatic rings. The molecule has 3 fully saturated rings. The van der Waals surface area contributed by atoms with Gasteiger partial charge in [-0.05, 0) is 117 Å². The number of alkyl carbamates (subject to hydrolysis) is 1. The van der Waals surface area contributed by atoms with Gasteiger partial charge in [-0.15, -0.1) is 0 Å². The average molecular weight is 579 g/mol. The van der Waals surface area contributed by atoms with Gasteiger partial charge in [-0.3, -0.25) is 4.79 Å². The normalized spacial score (nSPS) is 44.0. The van der Waals surface area contributed by atoms with E-state index in [1.165, 1.54) is 11.1 Å². The van der Waals surface area contributed by atoms with Crippen LogP contribution in [0.25, 0.3) is 0 Å². The second-order valence-electron chi connectivity index (χ2n) is 17.4. The van der Waals surface area contributed by atoms with E-state index in [1.807, 2.05) is 27.0 Å². The molecule has 1 heterocycles. The molecule has 0 saturated heterocycles. The maximum Gasteiger partial charge on any atom is 0.407 e. The predicted octanol–water partition coefficient (Wildman–Crippen LogP) is 8.05. The van der Waals surface area contributed by atoms with Crippen LogP contribution in [0.1, 0.15) is 119 Å². The summed E-state index contributed by atoms with van der Waals surface area (Å²) >= 11 is 0. The Bertz CT molecular complexity index is 1320. The van der Waals surface area contributed by atoms with Gasteiger partial charge in [0, 0.05) is 23.4 Å². The fraction of sp³-hybridized carbons (Fsp3) is 0.806. The van der Waals surface area contributed by atoms with Gasteiger partial charge < -0.3 is 14.6 Å². The zero-order valence-corrected chi connectivity index (χ0v) is 27.8. The minimum atomic E-state index is -0.536. The first-order chi connectivity index (χ1) is 19.4. The summed E-state index contributed by atoms with van der Waals surface area (Å²) in [6, 6.07) is 0. The third-order valence-electron chi connectivity index (χ3n) is 13.9. The topological polar surface area (TPSA) is 81.4 Å². The molecule has 1 amide bonds. The highest BCUT2D eigenvalue weighted by atomic mass is 16.6. The number of fused-ring (bicyclic) bond motifs is 8. The van der Waals surface area contributed by atoms with Gasteiger partial charge in [0.15, 0.2) is 5.78 Å². The first-order valence-electron chi connectivity index (χ1n) is 16.6. The van der Waals surface area contributed by atoms with Crippen molar-refractivity contribution in [2.24, 2.45) is 51.2 Å². The van der Waals surface area contributed by atoms with Crippen LogP contribution < -0.4 is 5.32 Å². The van der Waals surface area contributed by atoms with Gasteiger partial charge in [0.2, 0.25) is 0 Å². The van der Waals surface area contributed by atoms with Gasteiger partial charge in [-0.1, -0.05) is 59.2 Å². The van der Waals surface area contributed by atoms with Crippen molar-refractivity contribution in [1.29, 1.82) is 0 Å². The maximum atomic E-state index is 14.8. The maximum absolute atomic E-state index is 14.8. The zero-order chi connectivity index (χ0) is 30.7. The Balaban J connectivity index is 1.41. The van der Waals surface area contributed by atoms with E-state index in [0.29, 0.717) is 30.1 Å². The number of hydrogen-bond acceptors (Lipinski definition) is 5. The van der Waals surface area contributed by atoms with Gasteiger partial charge in [-0.25, -0.2) is 4.79 Å². The quantitative estimate of drug-likeness (QED) is 0.384. The van der Waals surface area contributed by atoms with Gasteiger partial charge in [0.1, 0.15) is 11.4 Å². The van der Waals surface area contributed by atoms with Gasteiger partial charge in [-0.2, -0.15) is 0 Å². The number of nitrogens with one attached hydrogen (secondary N) is 1. The molecule has 232 valence electrons. The third-order valence-corrected chi connectivity index (χ3v) is 13.9. The van der Waals surface area contributed by atoms with E-state index in [2.05, 4.69) is 65.0 Å². The Kier molecular flexibility index (Phi) is 6.56. The Hall–Kier alpha value is -2.11. The number of aromatic nitrogens is 1. The molecule has 0 spiro atoms. The minimum Gasteiger partial charge on any atom is -0.444 e. The number of allylic oxidation sites excluding steroid dienone is 2. The average Bonchev–Trinajstić information content (AvgIpc) is 3.35. The van der Waals surface area contributed by atoms with Crippen molar-refractivity contribution in [1.82, 2.24) is 10.5 Å². The van der Waals surface area contributed by atoms with Crippen molar-refractivity contribution < 1.29 is 18.8 Å². The number of ether oxygens (including phenoxy) is 1. The van der Waals surface area contributed by atoms with Crippen LogP contribution in [0, 0.1) is 51.2 Å². The van der Waals surface area contributed by atoms with Crippen LogP contribution >= 0.6 is 0 Å². The lowest BCUT2D eigenvalue weighted by molar-refractivity contribution is -0.176. The van der Waals surface area contributed by atoms with Crippen LogP contribution in [-0.2, 0) is 21.4 Å². The second kappa shape index (κ2) is 9.20. The van der Waals surface area contributed by atoms with Crippen molar-refractivity contribution in [2.75, 3.05) is 6.54 Å². The van der Waals surface area contributed by atoms with E-state index in [-0.39, 0.29) is 45.0 Å². The van der Waals surface area contributed by atoms with Crippen LogP contribution in [0.5, 0.6) is 0 Å². The molecule has 3 saturated carbocycles. The number of nitrogens with zero attached hydrogens (tertiary/aromatic N) is 1. The lowest BCUT2D eigenvalue weighted by Crippen LogP contribution is -2.67. The summed E-state index contributed by atoms with van der Waals surface area (Å²) in [6.45, 7) is 23.1. The molecule has 0 unspecified atom stereocenters. The molecule has 5 aliphatic carbocycles. The molecule has 1 N–H and O–H groups in total. The van der Waals surface area contributed by atoms with Gasteiger partial charge in [0.05, 0.1) is 6.20 Å². The number of hydrogen-bond donors (Lipinski definition) is 1. The Morgan fingerprint density at radius 3 is 2.48 bits per heavy atom. The highest BCUT2D eigenvalue weighted by Crippen LogP contribution is 2.74. The smallest absolute Gasteiger partial charge is 0.407 e. The monoisotopic (exact) mass is 578 g/mol. The summed E-state index contributed by atoms with van der Waals surface area (Å²) in [5.74, 6) is 2.91. The van der Waals surface area contributed by atoms with Crippen LogP contribution in [0.2, 0.25) is 0 Å². The van der Waals surface area contributed by atoms with Crippen LogP contribution in [0.4, 0.5) is 4.79 Å². The molecule has 0 aliphatic heterocycles. The number of carbonyl (C=O) groups excluding carboxylic acids is 2. The first-order valence-corrected chi connectivity index (χ1v) is 16.6. The fourth-order valence-electron chi connectivity index (χ4n) is 11.5. The van der Waals surface area contributed by atoms with Crippen LogP contribution in [0.3, 0.4) is 0 Å². The van der Waals surface area contributed by atoms with Crippen molar-refractivity contribution in [3.05, 3.63) is 29.2 Å². The number of rotatable bonds is 2. The number of carbonyl (C=O) groups is 2. The van der Waals surface area contributed by atoms with E-state index in [4.69, 9.17) is 9.26 Å². The molecule has 0 radical (unpaired) electrons. The summed E-state index contributed by atoms with van der Waals surface area (Å²) in [6.07, 6.45) is 11.0. The zero-order valence-electron chi connectivity index (χ0n) is 27.8. The Morgan fingerprint density at radius 1 is 1.07 bits per heavy atom. The standard InChI is InChI=1S/C36H54N2O4/c1-21-11-14-36(20-37-30(40)41-31(3,4)5)16-15-35(10)28(27(36)22(21)2)24(39)17-26-33(8)18-23-19-38-42-29(23)32(6,7)25(33)12-13-34(26,35)9/h17,19,21-22,25,27-28H,11-16,18,20H2,1-10H3,(H,37,40)/t21-,22+,25+,27+,28-,33+,34-,35-,36-/m1/s1. The second-order valence-corrected chi connectivity index (χ2v) is 17.4. The molecule has 0 bridgehead atoms. The molecule has 6 heteroatoms. The lowest BCUT2D eigenvalue weighted by atomic mass is 9.33. The van der Waals surface area contributed by atoms with Crippen molar-refractivity contribution in [2.45, 2.75) is 125 Å². The first kappa shape index (κ1) is 29.9. The van der Waals surface area contributed by atoms with Crippen LogP contribution in [0.15, 0.2) is 22.4 Å². The largest absolute Gasteiger partial charge is 0.444 e. The lowest BCUT2D eigenvalue weighted by Gasteiger charge is -2.70. The van der Waals surface area contributed by atoms with Crippen molar-refractivity contribution in [3.8, 4) is 0 Å². The minimum absolute atomic E-state index is 0.0407. The molecular formula is C36H54N2O4. The van der Waals surface area contributed by atoms with E-state index in [1.54, 1.807) is 0 Å².